The van der Waals surface area contributed by atoms with Gasteiger partial charge in [0.1, 0.15) is 0 Å². The first-order valence-corrected chi connectivity index (χ1v) is 12.7. The van der Waals surface area contributed by atoms with Crippen molar-refractivity contribution in [1.29, 1.82) is 0 Å². The summed E-state index contributed by atoms with van der Waals surface area (Å²) in [6.07, 6.45) is 0. The zero-order valence-corrected chi connectivity index (χ0v) is 20.3. The van der Waals surface area contributed by atoms with Gasteiger partial charge in [-0.2, -0.15) is 0 Å². The molecule has 0 amide bonds. The summed E-state index contributed by atoms with van der Waals surface area (Å²) in [4.78, 5) is 16.2. The number of aromatic carboxylic acids is 1. The van der Waals surface area contributed by atoms with Crippen LogP contribution in [-0.2, 0) is 10.0 Å². The third kappa shape index (κ3) is 5.02. The second-order valence-electron chi connectivity index (χ2n) is 8.78. The Morgan fingerprint density at radius 1 is 0.971 bits per heavy atom. The Bertz CT molecular complexity index is 1310. The average molecular weight is 480 g/mol. The van der Waals surface area contributed by atoms with Crippen LogP contribution in [0.25, 0.3) is 0 Å². The molecule has 0 saturated carbocycles. The fourth-order valence-corrected chi connectivity index (χ4v) is 5.38. The lowest BCUT2D eigenvalue weighted by Crippen LogP contribution is -2.52. The van der Waals surface area contributed by atoms with Crippen LogP contribution >= 0.6 is 0 Å². The fourth-order valence-electron chi connectivity index (χ4n) is 4.31. The monoisotopic (exact) mass is 479 g/mol. The van der Waals surface area contributed by atoms with E-state index in [1.165, 1.54) is 17.7 Å². The first kappa shape index (κ1) is 23.6. The van der Waals surface area contributed by atoms with Crippen molar-refractivity contribution in [2.75, 3.05) is 34.2 Å². The van der Waals surface area contributed by atoms with Gasteiger partial charge in [0.15, 0.2) is 0 Å². The SMILES string of the molecule is Cc1ccc(S(=O)(=O)Nc2cc(C(=O)O)ccc2N2CCN(c3cccc(C)c3)[C@H](C)C2)cc1. The summed E-state index contributed by atoms with van der Waals surface area (Å²) in [7, 11) is -3.89. The molecule has 1 fully saturated rings. The van der Waals surface area contributed by atoms with Crippen LogP contribution < -0.4 is 14.5 Å². The number of benzene rings is 3. The highest BCUT2D eigenvalue weighted by atomic mass is 32.2. The van der Waals surface area contributed by atoms with E-state index in [4.69, 9.17) is 0 Å². The van der Waals surface area contributed by atoms with Crippen LogP contribution in [0.2, 0.25) is 0 Å². The Hall–Kier alpha value is -3.52. The standard InChI is InChI=1S/C26H29N3O4S/c1-18-7-10-23(11-8-18)34(32,33)27-24-16-21(26(30)31)9-12-25(24)28-13-14-29(20(3)17-28)22-6-4-5-19(2)15-22/h4-12,15-16,20,27H,13-14,17H2,1-3H3,(H,30,31)/t20-/m1/s1. The number of rotatable bonds is 6. The molecule has 0 aromatic heterocycles. The number of hydrogen-bond acceptors (Lipinski definition) is 5. The fraction of sp³-hybridized carbons (Fsp3) is 0.269. The topological polar surface area (TPSA) is 89.9 Å². The van der Waals surface area contributed by atoms with Crippen molar-refractivity contribution in [2.45, 2.75) is 31.7 Å². The average Bonchev–Trinajstić information content (AvgIpc) is 2.79. The zero-order valence-electron chi connectivity index (χ0n) is 19.5. The van der Waals surface area contributed by atoms with E-state index in [-0.39, 0.29) is 22.2 Å². The molecule has 7 nitrogen and oxygen atoms in total. The second kappa shape index (κ2) is 9.38. The molecule has 8 heteroatoms. The van der Waals surface area contributed by atoms with Crippen molar-refractivity contribution >= 4 is 33.1 Å². The number of sulfonamides is 1. The minimum Gasteiger partial charge on any atom is -0.478 e. The van der Waals surface area contributed by atoms with E-state index in [0.29, 0.717) is 18.8 Å². The third-order valence-electron chi connectivity index (χ3n) is 6.12. The van der Waals surface area contributed by atoms with Gasteiger partial charge >= 0.3 is 5.97 Å². The molecule has 1 aliphatic rings. The second-order valence-corrected chi connectivity index (χ2v) is 10.5. The minimum atomic E-state index is -3.89. The molecule has 4 rings (SSSR count). The van der Waals surface area contributed by atoms with Gasteiger partial charge in [0, 0.05) is 31.4 Å². The lowest BCUT2D eigenvalue weighted by molar-refractivity contribution is 0.0697. The van der Waals surface area contributed by atoms with Crippen molar-refractivity contribution in [3.63, 3.8) is 0 Å². The number of carboxylic acids is 1. The molecule has 3 aromatic rings. The maximum absolute atomic E-state index is 13.1. The number of hydrogen-bond donors (Lipinski definition) is 2. The Morgan fingerprint density at radius 2 is 1.71 bits per heavy atom. The number of piperazine rings is 1. The predicted molar refractivity (Wildman–Crippen MR) is 136 cm³/mol. The molecule has 1 aliphatic heterocycles. The van der Waals surface area contributed by atoms with Crippen molar-refractivity contribution < 1.29 is 18.3 Å². The highest BCUT2D eigenvalue weighted by Gasteiger charge is 2.27. The molecule has 2 N–H and O–H groups in total. The van der Waals surface area contributed by atoms with Gasteiger partial charge in [-0.1, -0.05) is 29.8 Å². The molecular formula is C26H29N3O4S. The largest absolute Gasteiger partial charge is 0.478 e. The summed E-state index contributed by atoms with van der Waals surface area (Å²) in [5.41, 5.74) is 4.26. The Kier molecular flexibility index (Phi) is 6.52. The molecule has 3 aromatic carbocycles. The number of carboxylic acid groups (broad SMARTS) is 1. The van der Waals surface area contributed by atoms with E-state index in [0.717, 1.165) is 17.8 Å². The molecule has 34 heavy (non-hydrogen) atoms. The van der Waals surface area contributed by atoms with Crippen molar-refractivity contribution in [2.24, 2.45) is 0 Å². The normalized spacial score (nSPS) is 16.4. The van der Waals surface area contributed by atoms with Crippen LogP contribution in [0, 0.1) is 13.8 Å². The number of aryl methyl sites for hydroxylation is 2. The van der Waals surface area contributed by atoms with Gasteiger partial charge in [0.25, 0.3) is 10.0 Å². The van der Waals surface area contributed by atoms with Gasteiger partial charge in [-0.3, -0.25) is 4.72 Å². The molecule has 1 heterocycles. The summed E-state index contributed by atoms with van der Waals surface area (Å²) in [6, 6.07) is 19.7. The molecule has 0 spiro atoms. The van der Waals surface area contributed by atoms with E-state index in [1.807, 2.05) is 13.0 Å². The maximum atomic E-state index is 13.1. The molecule has 1 atom stereocenters. The van der Waals surface area contributed by atoms with Crippen LogP contribution in [0.1, 0.15) is 28.4 Å². The molecule has 0 aliphatic carbocycles. The summed E-state index contributed by atoms with van der Waals surface area (Å²) >= 11 is 0. The van der Waals surface area contributed by atoms with Gasteiger partial charge in [0.05, 0.1) is 21.8 Å². The molecule has 178 valence electrons. The van der Waals surface area contributed by atoms with E-state index < -0.39 is 16.0 Å². The summed E-state index contributed by atoms with van der Waals surface area (Å²) < 4.78 is 28.8. The summed E-state index contributed by atoms with van der Waals surface area (Å²) in [5.74, 6) is -1.11. The van der Waals surface area contributed by atoms with E-state index >= 15 is 0 Å². The lowest BCUT2D eigenvalue weighted by atomic mass is 10.1. The first-order valence-electron chi connectivity index (χ1n) is 11.2. The first-order chi connectivity index (χ1) is 16.1. The molecule has 1 saturated heterocycles. The van der Waals surface area contributed by atoms with Crippen LogP contribution in [0.5, 0.6) is 0 Å². The molecule has 0 unspecified atom stereocenters. The van der Waals surface area contributed by atoms with Crippen LogP contribution in [-0.4, -0.2) is 45.2 Å². The lowest BCUT2D eigenvalue weighted by Gasteiger charge is -2.43. The highest BCUT2D eigenvalue weighted by molar-refractivity contribution is 7.92. The third-order valence-corrected chi connectivity index (χ3v) is 7.50. The molecule has 0 bridgehead atoms. The summed E-state index contributed by atoms with van der Waals surface area (Å²) in [6.45, 7) is 8.19. The smallest absolute Gasteiger partial charge is 0.335 e. The van der Waals surface area contributed by atoms with Gasteiger partial charge in [-0.05, 0) is 68.8 Å². The Labute approximate surface area is 200 Å². The van der Waals surface area contributed by atoms with Gasteiger partial charge < -0.3 is 14.9 Å². The predicted octanol–water partition coefficient (Wildman–Crippen LogP) is 4.52. The summed E-state index contributed by atoms with van der Waals surface area (Å²) in [5, 5.41) is 9.48. The van der Waals surface area contributed by atoms with Crippen molar-refractivity contribution in [1.82, 2.24) is 0 Å². The Morgan fingerprint density at radius 3 is 2.35 bits per heavy atom. The van der Waals surface area contributed by atoms with E-state index in [1.54, 1.807) is 30.3 Å². The van der Waals surface area contributed by atoms with Crippen LogP contribution in [0.3, 0.4) is 0 Å². The molecular weight excluding hydrogens is 450 g/mol. The highest BCUT2D eigenvalue weighted by Crippen LogP contribution is 2.32. The number of nitrogens with one attached hydrogen (secondary N) is 1. The molecule has 0 radical (unpaired) electrons. The van der Waals surface area contributed by atoms with Crippen molar-refractivity contribution in [3.05, 3.63) is 83.4 Å². The number of carbonyl (C=O) groups is 1. The van der Waals surface area contributed by atoms with E-state index in [9.17, 15) is 18.3 Å². The number of anilines is 3. The van der Waals surface area contributed by atoms with Crippen LogP contribution in [0.15, 0.2) is 71.6 Å². The zero-order chi connectivity index (χ0) is 24.5. The van der Waals surface area contributed by atoms with Crippen LogP contribution in [0.4, 0.5) is 17.1 Å². The van der Waals surface area contributed by atoms with Gasteiger partial charge in [0.2, 0.25) is 0 Å². The quantitative estimate of drug-likeness (QED) is 0.540. The van der Waals surface area contributed by atoms with Gasteiger partial charge in [-0.15, -0.1) is 0 Å². The van der Waals surface area contributed by atoms with Crippen molar-refractivity contribution in [3.8, 4) is 0 Å². The number of nitrogens with zero attached hydrogens (tertiary/aromatic N) is 2. The minimum absolute atomic E-state index is 0.0248. The Balaban J connectivity index is 1.63. The van der Waals surface area contributed by atoms with E-state index in [2.05, 4.69) is 46.6 Å². The maximum Gasteiger partial charge on any atom is 0.335 e. The van der Waals surface area contributed by atoms with Gasteiger partial charge in [-0.25, -0.2) is 13.2 Å².